The number of imide groups is 2. The maximum absolute atomic E-state index is 14.2. The van der Waals surface area contributed by atoms with Crippen molar-refractivity contribution in [3.8, 4) is 0 Å². The van der Waals surface area contributed by atoms with E-state index in [9.17, 15) is 55.2 Å². The van der Waals surface area contributed by atoms with Crippen LogP contribution in [-0.4, -0.2) is 124 Å². The minimum Gasteiger partial charge on any atom is -0.355 e. The Kier molecular flexibility index (Phi) is 13.2. The van der Waals surface area contributed by atoms with E-state index in [0.717, 1.165) is 45.2 Å². The molecule has 20 heteroatoms. The maximum Gasteiger partial charge on any atom is 0.253 e. The van der Waals surface area contributed by atoms with Gasteiger partial charge in [0.1, 0.15) is 0 Å². The van der Waals surface area contributed by atoms with Gasteiger partial charge in [0.2, 0.25) is 31.9 Å². The van der Waals surface area contributed by atoms with E-state index >= 15 is 0 Å². The van der Waals surface area contributed by atoms with Crippen LogP contribution in [0.25, 0.3) is 12.2 Å². The Bertz CT molecular complexity index is 2420. The molecule has 4 saturated carbocycles. The highest BCUT2D eigenvalue weighted by molar-refractivity contribution is 7.89. The molecule has 6 aliphatic rings. The molecule has 1 aromatic carbocycles. The molecule has 4 unspecified atom stereocenters. The number of nitrogens with one attached hydrogen (secondary N) is 4. The van der Waals surface area contributed by atoms with E-state index in [4.69, 9.17) is 0 Å². The Morgan fingerprint density at radius 3 is 1.24 bits per heavy atom. The first kappa shape index (κ1) is 48.5. The smallest absolute Gasteiger partial charge is 0.253 e. The number of allylic oxidation sites excluding steroid dienone is 2. The highest BCUT2D eigenvalue weighted by atomic mass is 32.2. The van der Waals surface area contributed by atoms with Gasteiger partial charge in [0.15, 0.2) is 11.6 Å². The van der Waals surface area contributed by atoms with Crippen molar-refractivity contribution < 1.29 is 55.2 Å². The van der Waals surface area contributed by atoms with Crippen LogP contribution in [0.1, 0.15) is 77.3 Å². The highest BCUT2D eigenvalue weighted by Gasteiger charge is 2.69. The molecule has 4 aliphatic carbocycles. The predicted octanol–water partition coefficient (Wildman–Crippen LogP) is 1.17. The van der Waals surface area contributed by atoms with Crippen molar-refractivity contribution in [1.29, 1.82) is 0 Å². The molecule has 4 bridgehead atoms. The molecule has 18 nitrogen and oxygen atoms in total. The number of hydrogen-bond donors (Lipinski definition) is 4. The Morgan fingerprint density at radius 2 is 0.909 bits per heavy atom. The number of nitrogens with zero attached hydrogens (tertiary/aromatic N) is 2. The molecular weight excluding hydrogens is 893 g/mol. The van der Waals surface area contributed by atoms with E-state index < -0.39 is 88.7 Å². The summed E-state index contributed by atoms with van der Waals surface area (Å²) in [5.41, 5.74) is -1.08. The molecule has 1 aromatic rings. The number of benzene rings is 1. The topological polar surface area (TPSA) is 259 Å². The van der Waals surface area contributed by atoms with Gasteiger partial charge in [-0.15, -0.1) is 0 Å². The molecule has 4 atom stereocenters. The lowest BCUT2D eigenvalue weighted by Gasteiger charge is -2.35. The average molecular weight is 949 g/mol. The molecule has 66 heavy (non-hydrogen) atoms. The van der Waals surface area contributed by atoms with Crippen molar-refractivity contribution >= 4 is 79.2 Å². The number of rotatable bonds is 20. The van der Waals surface area contributed by atoms with Gasteiger partial charge in [0.25, 0.3) is 23.6 Å². The number of carbonyl (C=O) groups is 8. The number of carbonyl (C=O) groups excluding carboxylic acids is 8. The summed E-state index contributed by atoms with van der Waals surface area (Å²) < 4.78 is 58.7. The van der Waals surface area contributed by atoms with Crippen molar-refractivity contribution in [3.05, 3.63) is 70.8 Å². The molecule has 354 valence electrons. The normalized spacial score (nSPS) is 27.5. The zero-order valence-electron chi connectivity index (χ0n) is 37.4. The lowest BCUT2D eigenvalue weighted by Crippen LogP contribution is -2.46. The minimum atomic E-state index is -3.97. The summed E-state index contributed by atoms with van der Waals surface area (Å²) in [6, 6.07) is 7.32. The number of fused-ring (bicyclic) bond motifs is 4. The van der Waals surface area contributed by atoms with Crippen LogP contribution in [0.15, 0.2) is 59.7 Å². The van der Waals surface area contributed by atoms with Crippen LogP contribution in [0, 0.1) is 33.5 Å². The van der Waals surface area contributed by atoms with Gasteiger partial charge in [-0.1, -0.05) is 52.0 Å². The summed E-state index contributed by atoms with van der Waals surface area (Å²) in [5.74, 6) is -4.51. The summed E-state index contributed by atoms with van der Waals surface area (Å²) in [6.07, 6.45) is 9.94. The number of hydrogen-bond acceptors (Lipinski definition) is 12. The zero-order valence-corrected chi connectivity index (χ0v) is 39.1. The van der Waals surface area contributed by atoms with Crippen molar-refractivity contribution in [3.63, 3.8) is 0 Å². The van der Waals surface area contributed by atoms with E-state index in [1.807, 2.05) is 64.1 Å². The lowest BCUT2D eigenvalue weighted by molar-refractivity contribution is -0.139. The summed E-state index contributed by atoms with van der Waals surface area (Å²) in [6.45, 7) is 7.22. The molecule has 6 amide bonds. The molecule has 4 fully saturated rings. The average Bonchev–Trinajstić information content (AvgIpc) is 3.97. The molecule has 0 saturated heterocycles. The van der Waals surface area contributed by atoms with Crippen LogP contribution in [0.4, 0.5) is 0 Å². The number of amides is 6. The summed E-state index contributed by atoms with van der Waals surface area (Å²) >= 11 is 0. The van der Waals surface area contributed by atoms with Crippen LogP contribution < -0.4 is 20.1 Å². The van der Waals surface area contributed by atoms with Crippen LogP contribution in [0.3, 0.4) is 0 Å². The van der Waals surface area contributed by atoms with E-state index in [2.05, 4.69) is 20.1 Å². The maximum atomic E-state index is 14.2. The molecule has 0 spiro atoms. The van der Waals surface area contributed by atoms with Gasteiger partial charge >= 0.3 is 0 Å². The standard InChI is InChI=1S/C46H56N6O12S2/c1-43(2)33-13-17-45(43,27-65(61,62)49-21-19-47-35(53)15-23-51-37(55)9-10-38(51)56)41(59)31(33)25-29-5-7-30(8-6-29)26-32-34-14-18-46(42(32)60,44(34,3)4)28-66(63,64)50-22-20-48-36(54)16-24-52-39(57)11-12-40(52)58/h5-12,25-26,33-34,49-50H,13-24,27-28H2,1-4H3,(H,47,53)(H,48,54)/b31-25-,32-26-. The fraction of sp³-hybridized carbons (Fsp3) is 0.522. The number of ketones is 2. The largest absolute Gasteiger partial charge is 0.355 e. The molecule has 2 aliphatic heterocycles. The van der Waals surface area contributed by atoms with E-state index in [1.165, 1.54) is 0 Å². The van der Waals surface area contributed by atoms with Crippen LogP contribution in [0.2, 0.25) is 0 Å². The van der Waals surface area contributed by atoms with Gasteiger partial charge in [-0.2, -0.15) is 0 Å². The molecule has 4 N–H and O–H groups in total. The highest BCUT2D eigenvalue weighted by Crippen LogP contribution is 2.67. The second-order valence-corrected chi connectivity index (χ2v) is 22.8. The summed E-state index contributed by atoms with van der Waals surface area (Å²) in [5, 5.41) is 5.16. The van der Waals surface area contributed by atoms with Crippen molar-refractivity contribution in [2.75, 3.05) is 50.8 Å². The van der Waals surface area contributed by atoms with Gasteiger partial charge in [-0.05, 0) is 71.6 Å². The number of sulfonamides is 2. The summed E-state index contributed by atoms with van der Waals surface area (Å²) in [4.78, 5) is 102. The SMILES string of the molecule is CC1(C)C2CCC1(CS(=O)(=O)NCCNC(=O)CCN1C(=O)C=CC1=O)C(=O)/C2=C\c1ccc(/C=C2\C(=O)C3(CS(=O)(=O)NCCNC(=O)CCN4C(=O)C=CC4=O)CCC2C3(C)C)cc1. The van der Waals surface area contributed by atoms with Crippen LogP contribution >= 0.6 is 0 Å². The minimum absolute atomic E-state index is 0.0305. The van der Waals surface area contributed by atoms with Crippen LogP contribution in [0.5, 0.6) is 0 Å². The Morgan fingerprint density at radius 1 is 0.576 bits per heavy atom. The predicted molar refractivity (Wildman–Crippen MR) is 241 cm³/mol. The summed E-state index contributed by atoms with van der Waals surface area (Å²) in [7, 11) is -7.94. The fourth-order valence-corrected chi connectivity index (χ4v) is 14.7. The van der Waals surface area contributed by atoms with Crippen molar-refractivity contribution in [2.24, 2.45) is 33.5 Å². The van der Waals surface area contributed by atoms with Crippen molar-refractivity contribution in [1.82, 2.24) is 29.9 Å². The first-order chi connectivity index (χ1) is 30.9. The molecule has 7 rings (SSSR count). The van der Waals surface area contributed by atoms with E-state index in [0.29, 0.717) is 36.8 Å². The Balaban J connectivity index is 0.932. The fourth-order valence-electron chi connectivity index (χ4n) is 11.1. The van der Waals surface area contributed by atoms with Gasteiger partial charge in [0, 0.05) is 87.6 Å². The molecular formula is C46H56N6O12S2. The first-order valence-corrected chi connectivity index (χ1v) is 25.4. The van der Waals surface area contributed by atoms with E-state index in [-0.39, 0.29) is 75.5 Å². The van der Waals surface area contributed by atoms with Crippen molar-refractivity contribution in [2.45, 2.75) is 66.2 Å². The second-order valence-electron chi connectivity index (χ2n) is 19.1. The van der Waals surface area contributed by atoms with Gasteiger partial charge in [-0.3, -0.25) is 48.2 Å². The third-order valence-corrected chi connectivity index (χ3v) is 18.0. The Hall–Kier alpha value is -5.44. The third kappa shape index (κ3) is 9.03. The number of Topliss-reactive ketones (excluding diaryl/α,β-unsaturated/α-hetero) is 2. The van der Waals surface area contributed by atoms with Gasteiger partial charge < -0.3 is 10.6 Å². The molecule has 0 radical (unpaired) electrons. The third-order valence-electron chi connectivity index (χ3n) is 15.0. The van der Waals surface area contributed by atoms with E-state index in [1.54, 1.807) is 0 Å². The Labute approximate surface area is 384 Å². The van der Waals surface area contributed by atoms with Crippen LogP contribution in [-0.2, 0) is 58.4 Å². The quantitative estimate of drug-likeness (QED) is 0.0816. The molecule has 2 heterocycles. The molecule has 0 aromatic heterocycles. The zero-order chi connectivity index (χ0) is 48.0. The lowest BCUT2D eigenvalue weighted by atomic mass is 9.70. The monoisotopic (exact) mass is 948 g/mol. The van der Waals surface area contributed by atoms with Gasteiger partial charge in [0.05, 0.1) is 22.3 Å². The first-order valence-electron chi connectivity index (χ1n) is 22.1. The van der Waals surface area contributed by atoms with Gasteiger partial charge in [-0.25, -0.2) is 26.3 Å². The second kappa shape index (κ2) is 18.0.